The van der Waals surface area contributed by atoms with E-state index in [9.17, 15) is 4.79 Å². The van der Waals surface area contributed by atoms with Crippen LogP contribution < -0.4 is 0 Å². The van der Waals surface area contributed by atoms with Crippen LogP contribution in [0.4, 0.5) is 0 Å². The number of aryl methyl sites for hydroxylation is 2. The largest absolute Gasteiger partial charge is 0.459 e. The fourth-order valence-electron chi connectivity index (χ4n) is 4.02. The predicted molar refractivity (Wildman–Crippen MR) is 110 cm³/mol. The average molecular weight is 374 g/mol. The Balaban J connectivity index is 1.58. The van der Waals surface area contributed by atoms with Crippen LogP contribution in [0.15, 0.2) is 71.3 Å². The van der Waals surface area contributed by atoms with Gasteiger partial charge in [-0.1, -0.05) is 54.1 Å². The third-order valence-electron chi connectivity index (χ3n) is 5.54. The zero-order chi connectivity index (χ0) is 19.5. The summed E-state index contributed by atoms with van der Waals surface area (Å²) in [5.74, 6) is 0.398. The van der Waals surface area contributed by atoms with Crippen molar-refractivity contribution in [2.75, 3.05) is 26.2 Å². The van der Waals surface area contributed by atoms with Crippen molar-refractivity contribution in [3.8, 4) is 0 Å². The van der Waals surface area contributed by atoms with Crippen molar-refractivity contribution in [2.45, 2.75) is 19.9 Å². The van der Waals surface area contributed by atoms with Gasteiger partial charge in [0.25, 0.3) is 5.91 Å². The van der Waals surface area contributed by atoms with E-state index < -0.39 is 0 Å². The molecule has 1 amide bonds. The molecule has 1 atom stereocenters. The Morgan fingerprint density at radius 2 is 1.68 bits per heavy atom. The van der Waals surface area contributed by atoms with Gasteiger partial charge in [-0.25, -0.2) is 0 Å². The minimum atomic E-state index is -0.0207. The number of piperazine rings is 1. The molecule has 144 valence electrons. The smallest absolute Gasteiger partial charge is 0.289 e. The maximum Gasteiger partial charge on any atom is 0.289 e. The van der Waals surface area contributed by atoms with Gasteiger partial charge < -0.3 is 9.32 Å². The fraction of sp³-hybridized carbons (Fsp3) is 0.292. The van der Waals surface area contributed by atoms with E-state index in [1.165, 1.54) is 22.3 Å². The maximum atomic E-state index is 12.6. The second-order valence-electron chi connectivity index (χ2n) is 7.48. The van der Waals surface area contributed by atoms with Crippen LogP contribution in [0.25, 0.3) is 0 Å². The van der Waals surface area contributed by atoms with Gasteiger partial charge in [-0.05, 0) is 42.7 Å². The highest BCUT2D eigenvalue weighted by molar-refractivity contribution is 5.91. The van der Waals surface area contributed by atoms with E-state index in [2.05, 4.69) is 67.3 Å². The van der Waals surface area contributed by atoms with Crippen molar-refractivity contribution >= 4 is 5.91 Å². The van der Waals surface area contributed by atoms with Crippen LogP contribution in [-0.2, 0) is 0 Å². The summed E-state index contributed by atoms with van der Waals surface area (Å²) < 4.78 is 5.29. The van der Waals surface area contributed by atoms with Gasteiger partial charge >= 0.3 is 0 Å². The van der Waals surface area contributed by atoms with Gasteiger partial charge in [0, 0.05) is 26.2 Å². The van der Waals surface area contributed by atoms with Crippen molar-refractivity contribution < 1.29 is 9.21 Å². The number of carbonyl (C=O) groups excluding carboxylic acids is 1. The molecule has 1 aliphatic rings. The average Bonchev–Trinajstić information content (AvgIpc) is 3.26. The SMILES string of the molecule is Cc1ccc(C)c([C@H](c2ccccc2)N2CCN(C(=O)c3ccco3)CC2)c1. The van der Waals surface area contributed by atoms with Gasteiger partial charge in [0.05, 0.1) is 12.3 Å². The Hall–Kier alpha value is -2.85. The van der Waals surface area contributed by atoms with E-state index in [4.69, 9.17) is 4.42 Å². The molecule has 0 saturated carbocycles. The number of furan rings is 1. The van der Waals surface area contributed by atoms with Crippen molar-refractivity contribution in [3.05, 3.63) is 94.9 Å². The first kappa shape index (κ1) is 18.5. The number of benzene rings is 2. The summed E-state index contributed by atoms with van der Waals surface area (Å²) in [7, 11) is 0. The first-order valence-electron chi connectivity index (χ1n) is 9.82. The number of hydrogen-bond donors (Lipinski definition) is 0. The molecule has 1 aliphatic heterocycles. The van der Waals surface area contributed by atoms with E-state index in [1.807, 2.05) is 4.90 Å². The predicted octanol–water partition coefficient (Wildman–Crippen LogP) is 4.44. The zero-order valence-electron chi connectivity index (χ0n) is 16.5. The Morgan fingerprint density at radius 1 is 0.929 bits per heavy atom. The van der Waals surface area contributed by atoms with Crippen LogP contribution in [0.2, 0.25) is 0 Å². The summed E-state index contributed by atoms with van der Waals surface area (Å²) in [5, 5.41) is 0. The van der Waals surface area contributed by atoms with Gasteiger partial charge in [-0.15, -0.1) is 0 Å². The lowest BCUT2D eigenvalue weighted by Gasteiger charge is -2.40. The topological polar surface area (TPSA) is 36.7 Å². The molecule has 0 unspecified atom stereocenters. The second-order valence-corrected chi connectivity index (χ2v) is 7.48. The first-order chi connectivity index (χ1) is 13.6. The van der Waals surface area contributed by atoms with E-state index in [0.29, 0.717) is 18.8 Å². The molecule has 2 aromatic carbocycles. The minimum absolute atomic E-state index is 0.0207. The molecule has 4 nitrogen and oxygen atoms in total. The minimum Gasteiger partial charge on any atom is -0.459 e. The summed E-state index contributed by atoms with van der Waals surface area (Å²) in [6, 6.07) is 21.0. The number of amides is 1. The molecule has 4 heteroatoms. The lowest BCUT2D eigenvalue weighted by molar-refractivity contribution is 0.0567. The van der Waals surface area contributed by atoms with E-state index in [1.54, 1.807) is 18.4 Å². The Labute approximate surface area is 166 Å². The molecular weight excluding hydrogens is 348 g/mol. The molecule has 0 spiro atoms. The molecule has 0 N–H and O–H groups in total. The third-order valence-corrected chi connectivity index (χ3v) is 5.54. The molecule has 1 fully saturated rings. The van der Waals surface area contributed by atoms with Crippen LogP contribution >= 0.6 is 0 Å². The highest BCUT2D eigenvalue weighted by atomic mass is 16.3. The van der Waals surface area contributed by atoms with E-state index in [0.717, 1.165) is 13.1 Å². The van der Waals surface area contributed by atoms with Gasteiger partial charge in [-0.3, -0.25) is 9.69 Å². The van der Waals surface area contributed by atoms with Crippen molar-refractivity contribution in [1.29, 1.82) is 0 Å². The number of carbonyl (C=O) groups is 1. The van der Waals surface area contributed by atoms with Gasteiger partial charge in [0.15, 0.2) is 5.76 Å². The van der Waals surface area contributed by atoms with Crippen LogP contribution in [0.5, 0.6) is 0 Å². The molecule has 0 aliphatic carbocycles. The van der Waals surface area contributed by atoms with Crippen LogP contribution in [0, 0.1) is 13.8 Å². The Kier molecular flexibility index (Phi) is 5.31. The molecular formula is C24H26N2O2. The number of hydrogen-bond acceptors (Lipinski definition) is 3. The molecule has 28 heavy (non-hydrogen) atoms. The molecule has 1 aromatic heterocycles. The lowest BCUT2D eigenvalue weighted by Crippen LogP contribution is -2.49. The number of rotatable bonds is 4. The summed E-state index contributed by atoms with van der Waals surface area (Å²) in [6.45, 7) is 7.40. The standard InChI is InChI=1S/C24H26N2O2/c1-18-10-11-19(2)21(17-18)23(20-7-4-3-5-8-20)25-12-14-26(15-13-25)24(27)22-9-6-16-28-22/h3-11,16-17,23H,12-15H2,1-2H3/t23-/m0/s1. The van der Waals surface area contributed by atoms with Crippen LogP contribution in [0.3, 0.4) is 0 Å². The second kappa shape index (κ2) is 8.03. The van der Waals surface area contributed by atoms with Crippen LogP contribution in [-0.4, -0.2) is 41.9 Å². The molecule has 3 aromatic rings. The fourth-order valence-corrected chi connectivity index (χ4v) is 4.02. The summed E-state index contributed by atoms with van der Waals surface area (Å²) in [4.78, 5) is 17.0. The van der Waals surface area contributed by atoms with Crippen molar-refractivity contribution in [2.24, 2.45) is 0 Å². The molecule has 1 saturated heterocycles. The van der Waals surface area contributed by atoms with Gasteiger partial charge in [0.2, 0.25) is 0 Å². The molecule has 0 radical (unpaired) electrons. The number of nitrogens with zero attached hydrogens (tertiary/aromatic N) is 2. The third kappa shape index (κ3) is 3.73. The Bertz CT molecular complexity index is 927. The lowest BCUT2D eigenvalue weighted by atomic mass is 9.92. The molecule has 4 rings (SSSR count). The van der Waals surface area contributed by atoms with Gasteiger partial charge in [-0.2, -0.15) is 0 Å². The van der Waals surface area contributed by atoms with E-state index >= 15 is 0 Å². The highest BCUT2D eigenvalue weighted by Crippen LogP contribution is 2.32. The van der Waals surface area contributed by atoms with Crippen molar-refractivity contribution in [3.63, 3.8) is 0 Å². The van der Waals surface area contributed by atoms with Crippen molar-refractivity contribution in [1.82, 2.24) is 9.80 Å². The monoisotopic (exact) mass is 374 g/mol. The summed E-state index contributed by atoms with van der Waals surface area (Å²) in [5.41, 5.74) is 5.21. The summed E-state index contributed by atoms with van der Waals surface area (Å²) >= 11 is 0. The zero-order valence-corrected chi connectivity index (χ0v) is 16.5. The quantitative estimate of drug-likeness (QED) is 0.677. The summed E-state index contributed by atoms with van der Waals surface area (Å²) in [6.07, 6.45) is 1.55. The molecule has 0 bridgehead atoms. The maximum absolute atomic E-state index is 12.6. The van der Waals surface area contributed by atoms with Crippen LogP contribution in [0.1, 0.15) is 38.9 Å². The Morgan fingerprint density at radius 3 is 2.36 bits per heavy atom. The molecule has 2 heterocycles. The highest BCUT2D eigenvalue weighted by Gasteiger charge is 2.30. The normalized spacial score (nSPS) is 16.1. The van der Waals surface area contributed by atoms with Gasteiger partial charge in [0.1, 0.15) is 0 Å². The van der Waals surface area contributed by atoms with E-state index in [-0.39, 0.29) is 11.9 Å². The first-order valence-corrected chi connectivity index (χ1v) is 9.82.